The molecule has 2 N–H and O–H groups in total. The van der Waals surface area contributed by atoms with Crippen LogP contribution in [0.2, 0.25) is 0 Å². The molecule has 2 heterocycles. The van der Waals surface area contributed by atoms with E-state index in [1.54, 1.807) is 0 Å². The molecule has 196 valence electrons. The van der Waals surface area contributed by atoms with E-state index >= 15 is 0 Å². The fourth-order valence-corrected chi connectivity index (χ4v) is 6.17. The van der Waals surface area contributed by atoms with Gasteiger partial charge in [-0.05, 0) is 48.0 Å². The van der Waals surface area contributed by atoms with Crippen molar-refractivity contribution in [2.24, 2.45) is 11.8 Å². The lowest BCUT2D eigenvalue weighted by Crippen LogP contribution is -2.56. The van der Waals surface area contributed by atoms with Gasteiger partial charge in [-0.25, -0.2) is 0 Å². The predicted octanol–water partition coefficient (Wildman–Crippen LogP) is 5.31. The summed E-state index contributed by atoms with van der Waals surface area (Å²) in [6, 6.07) is 17.3. The fraction of sp³-hybridized carbons (Fsp3) is 0.433. The molecule has 7 heteroatoms. The molecule has 0 spiro atoms. The van der Waals surface area contributed by atoms with E-state index in [2.05, 4.69) is 18.3 Å². The van der Waals surface area contributed by atoms with Gasteiger partial charge in [-0.3, -0.25) is 24.6 Å². The Bertz CT molecular complexity index is 1130. The number of amides is 2. The Labute approximate surface area is 223 Å². The molecule has 2 amide bonds. The van der Waals surface area contributed by atoms with Gasteiger partial charge in [-0.15, -0.1) is 0 Å². The zero-order valence-electron chi connectivity index (χ0n) is 21.6. The van der Waals surface area contributed by atoms with Crippen LogP contribution in [0.3, 0.4) is 0 Å². The smallest absolute Gasteiger partial charge is 0.324 e. The molecule has 4 rings (SSSR count). The van der Waals surface area contributed by atoms with Crippen LogP contribution in [-0.2, 0) is 14.4 Å². The summed E-state index contributed by atoms with van der Waals surface area (Å²) in [6.45, 7) is 2.42. The van der Waals surface area contributed by atoms with Gasteiger partial charge in [0.15, 0.2) is 0 Å². The molecule has 0 aromatic heterocycles. The predicted molar refractivity (Wildman–Crippen MR) is 148 cm³/mol. The number of likely N-dealkylation sites (tertiary alicyclic amines) is 1. The third-order valence-electron chi connectivity index (χ3n) is 7.61. The zero-order chi connectivity index (χ0) is 26.4. The Morgan fingerprint density at radius 1 is 1.03 bits per heavy atom. The molecular formula is C30H36N2O4S. The number of carboxylic acids is 1. The normalized spacial score (nSPS) is 25.2. The van der Waals surface area contributed by atoms with Crippen molar-refractivity contribution in [3.8, 4) is 11.1 Å². The largest absolute Gasteiger partial charge is 0.480 e. The van der Waals surface area contributed by atoms with Crippen molar-refractivity contribution in [2.75, 3.05) is 18.6 Å². The highest BCUT2D eigenvalue weighted by Gasteiger charge is 2.67. The SMILES string of the molecule is CCCCC=CCCN1C(=O)C2C(c3ccc(-c4ccccc4)cc3)NC(CCSC)(C(=O)O)C2C1=O. The number of fused-ring (bicyclic) bond motifs is 1. The van der Waals surface area contributed by atoms with Gasteiger partial charge in [-0.1, -0.05) is 86.5 Å². The number of aliphatic carboxylic acids is 1. The average Bonchev–Trinajstić information content (AvgIpc) is 3.39. The number of benzene rings is 2. The van der Waals surface area contributed by atoms with Crippen molar-refractivity contribution in [2.45, 2.75) is 50.6 Å². The first kappa shape index (κ1) is 27.1. The number of nitrogens with one attached hydrogen (secondary N) is 1. The zero-order valence-corrected chi connectivity index (χ0v) is 22.4. The van der Waals surface area contributed by atoms with Gasteiger partial charge in [0, 0.05) is 12.6 Å². The second-order valence-corrected chi connectivity index (χ2v) is 10.8. The second kappa shape index (κ2) is 12.1. The summed E-state index contributed by atoms with van der Waals surface area (Å²) in [6.07, 6.45) is 10.1. The first-order valence-corrected chi connectivity index (χ1v) is 14.5. The van der Waals surface area contributed by atoms with E-state index < -0.39 is 29.4 Å². The number of hydrogen-bond donors (Lipinski definition) is 2. The topological polar surface area (TPSA) is 86.7 Å². The summed E-state index contributed by atoms with van der Waals surface area (Å²) in [4.78, 5) is 41.3. The molecule has 2 aliphatic heterocycles. The van der Waals surface area contributed by atoms with Crippen LogP contribution >= 0.6 is 11.8 Å². The number of rotatable bonds is 12. The molecule has 2 aliphatic rings. The lowest BCUT2D eigenvalue weighted by atomic mass is 9.78. The average molecular weight is 521 g/mol. The Kier molecular flexibility index (Phi) is 8.87. The molecule has 0 radical (unpaired) electrons. The van der Waals surface area contributed by atoms with E-state index in [0.29, 0.717) is 12.2 Å². The maximum atomic E-state index is 13.7. The van der Waals surface area contributed by atoms with E-state index in [1.807, 2.05) is 66.9 Å². The molecular weight excluding hydrogens is 484 g/mol. The molecule has 2 aromatic rings. The Hall–Kier alpha value is -2.90. The monoisotopic (exact) mass is 520 g/mol. The second-order valence-electron chi connectivity index (χ2n) is 9.86. The fourth-order valence-electron chi connectivity index (χ4n) is 5.64. The highest BCUT2D eigenvalue weighted by atomic mass is 32.2. The van der Waals surface area contributed by atoms with E-state index in [1.165, 1.54) is 16.7 Å². The lowest BCUT2D eigenvalue weighted by molar-refractivity contribution is -0.151. The summed E-state index contributed by atoms with van der Waals surface area (Å²) in [5.74, 6) is -2.79. The van der Waals surface area contributed by atoms with Crippen LogP contribution in [0.5, 0.6) is 0 Å². The minimum atomic E-state index is -1.48. The molecule has 6 nitrogen and oxygen atoms in total. The molecule has 0 saturated carbocycles. The number of imide groups is 1. The number of carboxylic acid groups (broad SMARTS) is 1. The van der Waals surface area contributed by atoms with Crippen molar-refractivity contribution >= 4 is 29.5 Å². The van der Waals surface area contributed by atoms with Crippen LogP contribution in [0.1, 0.15) is 50.6 Å². The Morgan fingerprint density at radius 2 is 1.70 bits per heavy atom. The molecule has 37 heavy (non-hydrogen) atoms. The molecule has 0 aliphatic carbocycles. The number of nitrogens with zero attached hydrogens (tertiary/aromatic N) is 1. The van der Waals surface area contributed by atoms with Crippen LogP contribution in [0.4, 0.5) is 0 Å². The number of thioether (sulfide) groups is 1. The highest BCUT2D eigenvalue weighted by Crippen LogP contribution is 2.50. The van der Waals surface area contributed by atoms with Crippen molar-refractivity contribution in [1.82, 2.24) is 10.2 Å². The van der Waals surface area contributed by atoms with Crippen molar-refractivity contribution in [1.29, 1.82) is 0 Å². The molecule has 4 unspecified atom stereocenters. The van der Waals surface area contributed by atoms with Crippen LogP contribution in [-0.4, -0.2) is 51.9 Å². The number of allylic oxidation sites excluding steroid dienone is 1. The summed E-state index contributed by atoms with van der Waals surface area (Å²) in [5, 5.41) is 13.7. The molecule has 4 atom stereocenters. The van der Waals surface area contributed by atoms with Gasteiger partial charge in [0.05, 0.1) is 11.8 Å². The number of hydrogen-bond acceptors (Lipinski definition) is 5. The number of carbonyl (C=O) groups is 3. The minimum absolute atomic E-state index is 0.270. The number of carbonyl (C=O) groups excluding carboxylic acids is 2. The van der Waals surface area contributed by atoms with Crippen molar-refractivity contribution in [3.05, 3.63) is 72.3 Å². The van der Waals surface area contributed by atoms with Crippen LogP contribution in [0.15, 0.2) is 66.7 Å². The van der Waals surface area contributed by atoms with Gasteiger partial charge in [0.25, 0.3) is 0 Å². The standard InChI is InChI=1S/C30H36N2O4S/c1-3-4-5-6-7-11-19-32-27(33)24-25(28(32)34)30(29(35)36,18-20-37-2)31-26(24)23-16-14-22(15-17-23)21-12-9-8-10-13-21/h6-10,12-17,24-26,31H,3-5,11,18-20H2,1-2H3,(H,35,36). The Morgan fingerprint density at radius 3 is 2.35 bits per heavy atom. The van der Waals surface area contributed by atoms with E-state index in [0.717, 1.165) is 36.0 Å². The first-order valence-electron chi connectivity index (χ1n) is 13.1. The minimum Gasteiger partial charge on any atom is -0.480 e. The maximum Gasteiger partial charge on any atom is 0.324 e. The van der Waals surface area contributed by atoms with Crippen molar-refractivity contribution < 1.29 is 19.5 Å². The quantitative estimate of drug-likeness (QED) is 0.224. The third-order valence-corrected chi connectivity index (χ3v) is 8.23. The van der Waals surface area contributed by atoms with E-state index in [-0.39, 0.29) is 24.8 Å². The maximum absolute atomic E-state index is 13.7. The summed E-state index contributed by atoms with van der Waals surface area (Å²) in [7, 11) is 0. The summed E-state index contributed by atoms with van der Waals surface area (Å²) in [5.41, 5.74) is 1.46. The third kappa shape index (κ3) is 5.39. The first-order chi connectivity index (χ1) is 17.9. The van der Waals surface area contributed by atoms with Crippen LogP contribution in [0.25, 0.3) is 11.1 Å². The van der Waals surface area contributed by atoms with Crippen molar-refractivity contribution in [3.63, 3.8) is 0 Å². The van der Waals surface area contributed by atoms with Gasteiger partial charge in [0.2, 0.25) is 11.8 Å². The Balaban J connectivity index is 1.64. The van der Waals surface area contributed by atoms with Crippen LogP contribution < -0.4 is 5.32 Å². The summed E-state index contributed by atoms with van der Waals surface area (Å²) >= 11 is 1.54. The van der Waals surface area contributed by atoms with E-state index in [9.17, 15) is 19.5 Å². The molecule has 2 aromatic carbocycles. The highest BCUT2D eigenvalue weighted by molar-refractivity contribution is 7.98. The molecule has 2 saturated heterocycles. The van der Waals surface area contributed by atoms with Crippen LogP contribution in [0, 0.1) is 11.8 Å². The van der Waals surface area contributed by atoms with Gasteiger partial charge >= 0.3 is 5.97 Å². The van der Waals surface area contributed by atoms with Gasteiger partial charge < -0.3 is 5.11 Å². The molecule has 2 fully saturated rings. The summed E-state index contributed by atoms with van der Waals surface area (Å²) < 4.78 is 0. The molecule has 0 bridgehead atoms. The van der Waals surface area contributed by atoms with Gasteiger partial charge in [-0.2, -0.15) is 11.8 Å². The van der Waals surface area contributed by atoms with E-state index in [4.69, 9.17) is 0 Å². The lowest BCUT2D eigenvalue weighted by Gasteiger charge is -2.31. The number of unbranched alkanes of at least 4 members (excludes halogenated alkanes) is 2. The van der Waals surface area contributed by atoms with Gasteiger partial charge in [0.1, 0.15) is 5.54 Å².